The van der Waals surface area contributed by atoms with Crippen LogP contribution in [0.25, 0.3) is 17.0 Å². The Morgan fingerprint density at radius 1 is 1.15 bits per heavy atom. The van der Waals surface area contributed by atoms with Gasteiger partial charge in [0, 0.05) is 16.6 Å². The second-order valence-corrected chi connectivity index (χ2v) is 7.74. The molecule has 0 bridgehead atoms. The molecule has 0 saturated heterocycles. The summed E-state index contributed by atoms with van der Waals surface area (Å²) in [6.45, 7) is 0. The van der Waals surface area contributed by atoms with E-state index in [1.807, 2.05) is 36.4 Å². The highest BCUT2D eigenvalue weighted by Gasteiger charge is 2.17. The third-order valence-corrected chi connectivity index (χ3v) is 5.58. The molecule has 0 radical (unpaired) electrons. The zero-order valence-electron chi connectivity index (χ0n) is 14.1. The summed E-state index contributed by atoms with van der Waals surface area (Å²) < 4.78 is 1.69. The van der Waals surface area contributed by atoms with Gasteiger partial charge in [-0.2, -0.15) is 9.61 Å². The standard InChI is InChI=1S/C18H18ClN5OS/c19-13-7-5-12(6-8-13)18-22-21-15-9-10-17(23-24(15)18)26-11-16(25)20-14-3-1-2-4-14/h5-10,14H,1-4,11H2,(H,20,25). The molecule has 8 heteroatoms. The summed E-state index contributed by atoms with van der Waals surface area (Å²) in [7, 11) is 0. The van der Waals surface area contributed by atoms with Crippen molar-refractivity contribution in [3.05, 3.63) is 41.4 Å². The van der Waals surface area contributed by atoms with E-state index >= 15 is 0 Å². The van der Waals surface area contributed by atoms with Crippen molar-refractivity contribution in [3.63, 3.8) is 0 Å². The summed E-state index contributed by atoms with van der Waals surface area (Å²) in [6, 6.07) is 11.5. The quantitative estimate of drug-likeness (QED) is 0.677. The van der Waals surface area contributed by atoms with Crippen LogP contribution < -0.4 is 5.32 Å². The Labute approximate surface area is 160 Å². The van der Waals surface area contributed by atoms with Gasteiger partial charge >= 0.3 is 0 Å². The van der Waals surface area contributed by atoms with Crippen LogP contribution >= 0.6 is 23.4 Å². The highest BCUT2D eigenvalue weighted by molar-refractivity contribution is 7.99. The molecular weight excluding hydrogens is 370 g/mol. The molecule has 2 aromatic heterocycles. The molecule has 1 fully saturated rings. The fourth-order valence-electron chi connectivity index (χ4n) is 3.11. The largest absolute Gasteiger partial charge is 0.353 e. The lowest BCUT2D eigenvalue weighted by Crippen LogP contribution is -2.33. The summed E-state index contributed by atoms with van der Waals surface area (Å²) in [5, 5.41) is 17.5. The van der Waals surface area contributed by atoms with Crippen molar-refractivity contribution in [2.75, 3.05) is 5.75 Å². The number of thioether (sulfide) groups is 1. The van der Waals surface area contributed by atoms with Gasteiger partial charge in [-0.25, -0.2) is 0 Å². The Bertz CT molecular complexity index is 921. The first-order chi connectivity index (χ1) is 12.7. The Balaban J connectivity index is 1.48. The predicted molar refractivity (Wildman–Crippen MR) is 102 cm³/mol. The summed E-state index contributed by atoms with van der Waals surface area (Å²) >= 11 is 7.36. The van der Waals surface area contributed by atoms with Crippen LogP contribution in [0.2, 0.25) is 5.02 Å². The van der Waals surface area contributed by atoms with Crippen LogP contribution in [-0.2, 0) is 4.79 Å². The predicted octanol–water partition coefficient (Wildman–Crippen LogP) is 3.60. The molecule has 6 nitrogen and oxygen atoms in total. The second kappa shape index (κ2) is 7.63. The van der Waals surface area contributed by atoms with E-state index in [2.05, 4.69) is 20.6 Å². The lowest BCUT2D eigenvalue weighted by atomic mass is 10.2. The number of carbonyl (C=O) groups excluding carboxylic acids is 1. The van der Waals surface area contributed by atoms with E-state index in [4.69, 9.17) is 11.6 Å². The van der Waals surface area contributed by atoms with Gasteiger partial charge in [-0.15, -0.1) is 10.2 Å². The van der Waals surface area contributed by atoms with E-state index in [9.17, 15) is 4.79 Å². The van der Waals surface area contributed by atoms with Crippen LogP contribution in [0.15, 0.2) is 41.4 Å². The molecule has 0 atom stereocenters. The Morgan fingerprint density at radius 2 is 1.92 bits per heavy atom. The molecule has 0 aliphatic heterocycles. The molecule has 1 aliphatic carbocycles. The topological polar surface area (TPSA) is 72.2 Å². The van der Waals surface area contributed by atoms with Gasteiger partial charge in [0.1, 0.15) is 5.03 Å². The molecule has 1 amide bonds. The monoisotopic (exact) mass is 387 g/mol. The normalized spacial score (nSPS) is 14.8. The number of hydrogen-bond donors (Lipinski definition) is 1. The van der Waals surface area contributed by atoms with E-state index in [1.165, 1.54) is 24.6 Å². The summed E-state index contributed by atoms with van der Waals surface area (Å²) in [5.74, 6) is 1.06. The molecule has 26 heavy (non-hydrogen) atoms. The first kappa shape index (κ1) is 17.3. The van der Waals surface area contributed by atoms with Gasteiger partial charge in [0.15, 0.2) is 11.5 Å². The van der Waals surface area contributed by atoms with Crippen molar-refractivity contribution < 1.29 is 4.79 Å². The number of amides is 1. The van der Waals surface area contributed by atoms with Crippen LogP contribution in [0.1, 0.15) is 25.7 Å². The van der Waals surface area contributed by atoms with Gasteiger partial charge in [0.05, 0.1) is 5.75 Å². The summed E-state index contributed by atoms with van der Waals surface area (Å²) in [6.07, 6.45) is 4.59. The molecule has 1 N–H and O–H groups in total. The number of nitrogens with one attached hydrogen (secondary N) is 1. The van der Waals surface area contributed by atoms with Gasteiger partial charge in [0.25, 0.3) is 0 Å². The van der Waals surface area contributed by atoms with E-state index in [0.717, 1.165) is 23.4 Å². The first-order valence-electron chi connectivity index (χ1n) is 8.59. The highest BCUT2D eigenvalue weighted by Crippen LogP contribution is 2.22. The third kappa shape index (κ3) is 3.83. The van der Waals surface area contributed by atoms with Crippen LogP contribution in [-0.4, -0.2) is 37.5 Å². The maximum absolute atomic E-state index is 12.1. The number of benzene rings is 1. The first-order valence-corrected chi connectivity index (χ1v) is 9.96. The van der Waals surface area contributed by atoms with E-state index in [0.29, 0.717) is 28.3 Å². The molecule has 0 spiro atoms. The molecule has 1 aromatic carbocycles. The van der Waals surface area contributed by atoms with Crippen molar-refractivity contribution in [3.8, 4) is 11.4 Å². The van der Waals surface area contributed by atoms with Gasteiger partial charge < -0.3 is 5.32 Å². The molecular formula is C18H18ClN5OS. The number of fused-ring (bicyclic) bond motifs is 1. The van der Waals surface area contributed by atoms with Crippen molar-refractivity contribution in [2.24, 2.45) is 0 Å². The molecule has 1 saturated carbocycles. The summed E-state index contributed by atoms with van der Waals surface area (Å²) in [4.78, 5) is 12.1. The van der Waals surface area contributed by atoms with Crippen molar-refractivity contribution in [2.45, 2.75) is 36.8 Å². The molecule has 2 heterocycles. The minimum absolute atomic E-state index is 0.0606. The molecule has 1 aliphatic rings. The van der Waals surface area contributed by atoms with Crippen molar-refractivity contribution >= 4 is 34.9 Å². The zero-order chi connectivity index (χ0) is 17.9. The zero-order valence-corrected chi connectivity index (χ0v) is 15.6. The number of halogens is 1. The fraction of sp³-hybridized carbons (Fsp3) is 0.333. The molecule has 134 valence electrons. The maximum Gasteiger partial charge on any atom is 0.230 e. The second-order valence-electron chi connectivity index (χ2n) is 6.31. The van der Waals surface area contributed by atoms with Gasteiger partial charge in [-0.3, -0.25) is 4.79 Å². The highest BCUT2D eigenvalue weighted by atomic mass is 35.5. The number of nitrogens with zero attached hydrogens (tertiary/aromatic N) is 4. The fourth-order valence-corrected chi connectivity index (χ4v) is 3.90. The van der Waals surface area contributed by atoms with Gasteiger partial charge in [0.2, 0.25) is 5.91 Å². The lowest BCUT2D eigenvalue weighted by molar-refractivity contribution is -0.119. The van der Waals surface area contributed by atoms with Crippen LogP contribution in [0, 0.1) is 0 Å². The van der Waals surface area contributed by atoms with Crippen LogP contribution in [0.4, 0.5) is 0 Å². The number of hydrogen-bond acceptors (Lipinski definition) is 5. The number of carbonyl (C=O) groups is 1. The van der Waals surface area contributed by atoms with Gasteiger partial charge in [-0.1, -0.05) is 36.2 Å². The molecule has 0 unspecified atom stereocenters. The van der Waals surface area contributed by atoms with Gasteiger partial charge in [-0.05, 0) is 49.2 Å². The smallest absolute Gasteiger partial charge is 0.230 e. The number of aromatic nitrogens is 4. The average molecular weight is 388 g/mol. The maximum atomic E-state index is 12.1. The average Bonchev–Trinajstić information content (AvgIpc) is 3.30. The van der Waals surface area contributed by atoms with E-state index in [1.54, 1.807) is 4.52 Å². The molecule has 4 rings (SSSR count). The Hall–Kier alpha value is -2.12. The van der Waals surface area contributed by atoms with E-state index < -0.39 is 0 Å². The third-order valence-electron chi connectivity index (χ3n) is 4.41. The van der Waals surface area contributed by atoms with Crippen molar-refractivity contribution in [1.29, 1.82) is 0 Å². The van der Waals surface area contributed by atoms with Crippen LogP contribution in [0.5, 0.6) is 0 Å². The Kier molecular flexibility index (Phi) is 5.08. The minimum Gasteiger partial charge on any atom is -0.353 e. The SMILES string of the molecule is O=C(CSc1ccc2nnc(-c3ccc(Cl)cc3)n2n1)NC1CCCC1. The minimum atomic E-state index is 0.0606. The Morgan fingerprint density at radius 3 is 2.69 bits per heavy atom. The lowest BCUT2D eigenvalue weighted by Gasteiger charge is -2.11. The summed E-state index contributed by atoms with van der Waals surface area (Å²) in [5.41, 5.74) is 1.55. The molecule has 3 aromatic rings. The number of rotatable bonds is 5. The van der Waals surface area contributed by atoms with Crippen LogP contribution in [0.3, 0.4) is 0 Å². The van der Waals surface area contributed by atoms with E-state index in [-0.39, 0.29) is 5.91 Å². The van der Waals surface area contributed by atoms with Crippen molar-refractivity contribution in [1.82, 2.24) is 25.1 Å².